The van der Waals surface area contributed by atoms with E-state index < -0.39 is 10.0 Å². The summed E-state index contributed by atoms with van der Waals surface area (Å²) in [5.74, 6) is -0.164. The first-order chi connectivity index (χ1) is 13.8. The Morgan fingerprint density at radius 1 is 1.14 bits per heavy atom. The molecule has 8 nitrogen and oxygen atoms in total. The number of amides is 1. The van der Waals surface area contributed by atoms with Crippen LogP contribution in [-0.2, 0) is 17.1 Å². The Morgan fingerprint density at radius 3 is 2.55 bits per heavy atom. The number of aryl methyl sites for hydroxylation is 2. The molecule has 0 bridgehead atoms. The fourth-order valence-electron chi connectivity index (χ4n) is 3.52. The van der Waals surface area contributed by atoms with E-state index in [1.54, 1.807) is 34.0 Å². The summed E-state index contributed by atoms with van der Waals surface area (Å²) in [4.78, 5) is 19.1. The summed E-state index contributed by atoms with van der Waals surface area (Å²) in [5.41, 5.74) is 2.00. The zero-order valence-electron chi connectivity index (χ0n) is 16.0. The third kappa shape index (κ3) is 3.61. The number of benzene rings is 1. The van der Waals surface area contributed by atoms with Crippen molar-refractivity contribution in [2.75, 3.05) is 26.2 Å². The van der Waals surface area contributed by atoms with Gasteiger partial charge in [-0.2, -0.15) is 9.40 Å². The van der Waals surface area contributed by atoms with Crippen LogP contribution in [0, 0.1) is 6.92 Å². The molecule has 3 aromatic rings. The summed E-state index contributed by atoms with van der Waals surface area (Å²) < 4.78 is 28.7. The van der Waals surface area contributed by atoms with Gasteiger partial charge in [-0.1, -0.05) is 17.7 Å². The number of pyridine rings is 1. The van der Waals surface area contributed by atoms with E-state index in [0.29, 0.717) is 23.7 Å². The van der Waals surface area contributed by atoms with Crippen LogP contribution in [-0.4, -0.2) is 64.5 Å². The van der Waals surface area contributed by atoms with Crippen molar-refractivity contribution < 1.29 is 13.2 Å². The zero-order chi connectivity index (χ0) is 20.8. The molecular weight excluding hydrogens is 414 g/mol. The van der Waals surface area contributed by atoms with E-state index in [9.17, 15) is 13.2 Å². The molecule has 4 rings (SSSR count). The third-order valence-electron chi connectivity index (χ3n) is 5.07. The van der Waals surface area contributed by atoms with Crippen molar-refractivity contribution in [2.45, 2.75) is 11.8 Å². The number of nitrogens with zero attached hydrogens (tertiary/aromatic N) is 5. The average molecular weight is 434 g/mol. The molecule has 0 radical (unpaired) electrons. The number of sulfonamides is 1. The van der Waals surface area contributed by atoms with E-state index in [1.807, 2.05) is 14.0 Å². The van der Waals surface area contributed by atoms with Gasteiger partial charge in [-0.25, -0.2) is 13.4 Å². The number of hydrogen-bond donors (Lipinski definition) is 0. The molecule has 1 aliphatic heterocycles. The maximum atomic E-state index is 12.9. The molecule has 152 valence electrons. The van der Waals surface area contributed by atoms with Crippen molar-refractivity contribution in [3.05, 3.63) is 52.8 Å². The number of carbonyl (C=O) groups is 1. The summed E-state index contributed by atoms with van der Waals surface area (Å²) in [6, 6.07) is 7.99. The molecule has 1 aromatic carbocycles. The molecule has 3 heterocycles. The van der Waals surface area contributed by atoms with Gasteiger partial charge in [0.25, 0.3) is 5.91 Å². The standard InChI is InChI=1S/C19H20ClN5O3S/c1-13-17-10-14(12-21-18(17)23(2)22-13)19(26)24-6-8-25(9-7-24)29(27,28)16-5-3-4-15(20)11-16/h3-5,10-12H,6-9H2,1-2H3. The highest BCUT2D eigenvalue weighted by Crippen LogP contribution is 2.22. The van der Waals surface area contributed by atoms with Crippen LogP contribution in [0.3, 0.4) is 0 Å². The lowest BCUT2D eigenvalue weighted by Crippen LogP contribution is -2.50. The van der Waals surface area contributed by atoms with Crippen molar-refractivity contribution in [3.63, 3.8) is 0 Å². The van der Waals surface area contributed by atoms with Crippen LogP contribution in [0.25, 0.3) is 11.0 Å². The third-order valence-corrected chi connectivity index (χ3v) is 7.20. The number of fused-ring (bicyclic) bond motifs is 1. The van der Waals surface area contributed by atoms with E-state index in [2.05, 4.69) is 10.1 Å². The summed E-state index contributed by atoms with van der Waals surface area (Å²) in [7, 11) is -1.83. The highest BCUT2D eigenvalue weighted by molar-refractivity contribution is 7.89. The Balaban J connectivity index is 1.49. The smallest absolute Gasteiger partial charge is 0.255 e. The second-order valence-corrected chi connectivity index (χ2v) is 9.33. The van der Waals surface area contributed by atoms with Crippen molar-refractivity contribution in [2.24, 2.45) is 7.05 Å². The minimum absolute atomic E-state index is 0.159. The minimum atomic E-state index is -3.64. The van der Waals surface area contributed by atoms with Crippen molar-refractivity contribution in [1.82, 2.24) is 24.0 Å². The number of piperazine rings is 1. The quantitative estimate of drug-likeness (QED) is 0.631. The molecule has 0 saturated carbocycles. The largest absolute Gasteiger partial charge is 0.336 e. The molecular formula is C19H20ClN5O3S. The number of aromatic nitrogens is 3. The SMILES string of the molecule is Cc1nn(C)c2ncc(C(=O)N3CCN(S(=O)(=O)c4cccc(Cl)c4)CC3)cc12. The van der Waals surface area contributed by atoms with Crippen LogP contribution in [0.4, 0.5) is 0 Å². The number of carbonyl (C=O) groups excluding carboxylic acids is 1. The minimum Gasteiger partial charge on any atom is -0.336 e. The first-order valence-corrected chi connectivity index (χ1v) is 10.9. The molecule has 1 aliphatic rings. The van der Waals surface area contributed by atoms with E-state index in [-0.39, 0.29) is 23.9 Å². The van der Waals surface area contributed by atoms with E-state index in [4.69, 9.17) is 11.6 Å². The lowest BCUT2D eigenvalue weighted by Gasteiger charge is -2.34. The lowest BCUT2D eigenvalue weighted by atomic mass is 10.2. The van der Waals surface area contributed by atoms with Gasteiger partial charge in [0.15, 0.2) is 5.65 Å². The molecule has 1 amide bonds. The van der Waals surface area contributed by atoms with Crippen LogP contribution in [0.1, 0.15) is 16.1 Å². The second kappa shape index (κ2) is 7.40. The van der Waals surface area contributed by atoms with Crippen LogP contribution in [0.2, 0.25) is 5.02 Å². The predicted octanol–water partition coefficient (Wildman–Crippen LogP) is 2.08. The number of rotatable bonds is 3. The molecule has 1 saturated heterocycles. The fraction of sp³-hybridized carbons (Fsp3) is 0.316. The summed E-state index contributed by atoms with van der Waals surface area (Å²) >= 11 is 5.93. The second-order valence-electron chi connectivity index (χ2n) is 6.96. The molecule has 0 aliphatic carbocycles. The zero-order valence-corrected chi connectivity index (χ0v) is 17.6. The summed E-state index contributed by atoms with van der Waals surface area (Å²) in [6.07, 6.45) is 1.54. The van der Waals surface area contributed by atoms with Crippen molar-refractivity contribution in [3.8, 4) is 0 Å². The monoisotopic (exact) mass is 433 g/mol. The molecule has 29 heavy (non-hydrogen) atoms. The van der Waals surface area contributed by atoms with Gasteiger partial charge in [-0.3, -0.25) is 9.48 Å². The highest BCUT2D eigenvalue weighted by atomic mass is 35.5. The maximum absolute atomic E-state index is 12.9. The first kappa shape index (κ1) is 19.8. The van der Waals surface area contributed by atoms with Gasteiger partial charge >= 0.3 is 0 Å². The van der Waals surface area contributed by atoms with Gasteiger partial charge in [0.1, 0.15) is 0 Å². The lowest BCUT2D eigenvalue weighted by molar-refractivity contribution is 0.0697. The molecule has 0 N–H and O–H groups in total. The normalized spacial score (nSPS) is 15.8. The Morgan fingerprint density at radius 2 is 1.86 bits per heavy atom. The predicted molar refractivity (Wildman–Crippen MR) is 109 cm³/mol. The van der Waals surface area contributed by atoms with Gasteiger partial charge in [0.05, 0.1) is 16.2 Å². The Kier molecular flexibility index (Phi) is 5.05. The van der Waals surface area contributed by atoms with Crippen LogP contribution in [0.15, 0.2) is 41.4 Å². The van der Waals surface area contributed by atoms with E-state index in [0.717, 1.165) is 16.7 Å². The van der Waals surface area contributed by atoms with Crippen LogP contribution >= 0.6 is 11.6 Å². The van der Waals surface area contributed by atoms with Gasteiger partial charge in [-0.15, -0.1) is 0 Å². The average Bonchev–Trinajstić information content (AvgIpc) is 3.00. The van der Waals surface area contributed by atoms with Gasteiger partial charge in [-0.05, 0) is 31.2 Å². The number of hydrogen-bond acceptors (Lipinski definition) is 5. The molecule has 10 heteroatoms. The molecule has 0 spiro atoms. The van der Waals surface area contributed by atoms with Crippen LogP contribution in [0.5, 0.6) is 0 Å². The molecule has 2 aromatic heterocycles. The van der Waals surface area contributed by atoms with E-state index >= 15 is 0 Å². The number of halogens is 1. The van der Waals surface area contributed by atoms with Crippen molar-refractivity contribution in [1.29, 1.82) is 0 Å². The van der Waals surface area contributed by atoms with Crippen molar-refractivity contribution >= 4 is 38.6 Å². The van der Waals surface area contributed by atoms with E-state index in [1.165, 1.54) is 16.4 Å². The topological polar surface area (TPSA) is 88.4 Å². The molecule has 0 atom stereocenters. The van der Waals surface area contributed by atoms with Gasteiger partial charge in [0, 0.05) is 49.8 Å². The fourth-order valence-corrected chi connectivity index (χ4v) is 5.24. The van der Waals surface area contributed by atoms with Gasteiger partial charge < -0.3 is 4.90 Å². The molecule has 1 fully saturated rings. The Bertz CT molecular complexity index is 1200. The van der Waals surface area contributed by atoms with Crippen LogP contribution < -0.4 is 0 Å². The van der Waals surface area contributed by atoms with Gasteiger partial charge in [0.2, 0.25) is 10.0 Å². The summed E-state index contributed by atoms with van der Waals surface area (Å²) in [5, 5.41) is 5.52. The molecule has 0 unspecified atom stereocenters. The Hall–Kier alpha value is -2.49. The first-order valence-electron chi connectivity index (χ1n) is 9.12. The Labute approximate surface area is 173 Å². The summed E-state index contributed by atoms with van der Waals surface area (Å²) in [6.45, 7) is 2.94. The maximum Gasteiger partial charge on any atom is 0.255 e. The highest BCUT2D eigenvalue weighted by Gasteiger charge is 2.30.